The van der Waals surface area contributed by atoms with Crippen molar-refractivity contribution >= 4 is 33.4 Å². The molecule has 2 amide bonds. The van der Waals surface area contributed by atoms with Gasteiger partial charge in [0.05, 0.1) is 12.8 Å². The first-order chi connectivity index (χ1) is 11.5. The molecule has 24 heavy (non-hydrogen) atoms. The maximum absolute atomic E-state index is 12.3. The molecular formula is C18H19BrN2O3. The van der Waals surface area contributed by atoms with E-state index in [4.69, 9.17) is 4.74 Å². The lowest BCUT2D eigenvalue weighted by Crippen LogP contribution is -2.36. The number of nitrogens with one attached hydrogen (secondary N) is 1. The number of amides is 2. The number of carbonyl (C=O) groups is 2. The number of methoxy groups -OCH3 is 1. The van der Waals surface area contributed by atoms with E-state index < -0.39 is 0 Å². The van der Waals surface area contributed by atoms with Crippen LogP contribution in [-0.2, 0) is 16.1 Å². The minimum absolute atomic E-state index is 0.0330. The molecule has 126 valence electrons. The van der Waals surface area contributed by atoms with E-state index in [1.54, 1.807) is 13.2 Å². The van der Waals surface area contributed by atoms with E-state index in [0.717, 1.165) is 10.0 Å². The van der Waals surface area contributed by atoms with Crippen LogP contribution in [0.1, 0.15) is 12.5 Å². The topological polar surface area (TPSA) is 58.6 Å². The van der Waals surface area contributed by atoms with Crippen LogP contribution in [0.15, 0.2) is 53.0 Å². The molecule has 2 aromatic carbocycles. The fourth-order valence-corrected chi connectivity index (χ4v) is 2.63. The third-order valence-corrected chi connectivity index (χ3v) is 4.17. The summed E-state index contributed by atoms with van der Waals surface area (Å²) < 4.78 is 6.09. The largest absolute Gasteiger partial charge is 0.496 e. The van der Waals surface area contributed by atoms with Gasteiger partial charge >= 0.3 is 0 Å². The van der Waals surface area contributed by atoms with Crippen LogP contribution in [0.4, 0.5) is 5.69 Å². The van der Waals surface area contributed by atoms with Gasteiger partial charge in [-0.25, -0.2) is 0 Å². The third-order valence-electron chi connectivity index (χ3n) is 3.48. The summed E-state index contributed by atoms with van der Waals surface area (Å²) in [5.41, 5.74) is 1.52. The normalized spacial score (nSPS) is 10.1. The number of carbonyl (C=O) groups excluding carboxylic acids is 2. The number of para-hydroxylation sites is 2. The van der Waals surface area contributed by atoms with Crippen LogP contribution in [0.3, 0.4) is 0 Å². The van der Waals surface area contributed by atoms with Crippen LogP contribution in [0.25, 0.3) is 0 Å². The van der Waals surface area contributed by atoms with E-state index in [0.29, 0.717) is 18.0 Å². The fraction of sp³-hybridized carbons (Fsp3) is 0.222. The first-order valence-electron chi connectivity index (χ1n) is 7.43. The maximum atomic E-state index is 12.3. The fourth-order valence-electron chi connectivity index (χ4n) is 2.24. The number of nitrogens with zero attached hydrogens (tertiary/aromatic N) is 1. The molecule has 0 fully saturated rings. The van der Waals surface area contributed by atoms with Crippen molar-refractivity contribution in [2.45, 2.75) is 13.5 Å². The highest BCUT2D eigenvalue weighted by Crippen LogP contribution is 2.22. The molecule has 0 radical (unpaired) electrons. The lowest BCUT2D eigenvalue weighted by molar-refractivity contribution is -0.133. The van der Waals surface area contributed by atoms with Crippen molar-refractivity contribution in [2.24, 2.45) is 0 Å². The molecule has 0 saturated heterocycles. The molecule has 2 rings (SSSR count). The van der Waals surface area contributed by atoms with Gasteiger partial charge in [-0.1, -0.05) is 30.3 Å². The molecule has 6 heteroatoms. The van der Waals surface area contributed by atoms with Gasteiger partial charge in [-0.05, 0) is 34.1 Å². The second kappa shape index (κ2) is 8.49. The van der Waals surface area contributed by atoms with Crippen molar-refractivity contribution in [1.29, 1.82) is 0 Å². The van der Waals surface area contributed by atoms with E-state index in [1.807, 2.05) is 42.5 Å². The van der Waals surface area contributed by atoms with Crippen molar-refractivity contribution < 1.29 is 14.3 Å². The van der Waals surface area contributed by atoms with Gasteiger partial charge in [-0.3, -0.25) is 9.59 Å². The summed E-state index contributed by atoms with van der Waals surface area (Å²) in [6, 6.07) is 14.8. The van der Waals surface area contributed by atoms with Gasteiger partial charge in [0.2, 0.25) is 11.8 Å². The summed E-state index contributed by atoms with van der Waals surface area (Å²) in [5, 5.41) is 2.80. The van der Waals surface area contributed by atoms with Gasteiger partial charge in [-0.2, -0.15) is 0 Å². The van der Waals surface area contributed by atoms with Gasteiger partial charge in [-0.15, -0.1) is 0 Å². The average Bonchev–Trinajstić information content (AvgIpc) is 2.56. The molecule has 0 aliphatic rings. The summed E-state index contributed by atoms with van der Waals surface area (Å²) in [6.45, 7) is 1.72. The third kappa shape index (κ3) is 4.83. The number of ether oxygens (including phenoxy) is 1. The van der Waals surface area contributed by atoms with Gasteiger partial charge in [0.25, 0.3) is 0 Å². The van der Waals surface area contributed by atoms with E-state index in [1.165, 1.54) is 11.8 Å². The molecule has 0 aliphatic heterocycles. The summed E-state index contributed by atoms with van der Waals surface area (Å²) in [6.07, 6.45) is 0. The zero-order valence-corrected chi connectivity index (χ0v) is 15.2. The Morgan fingerprint density at radius 2 is 1.79 bits per heavy atom. The lowest BCUT2D eigenvalue weighted by atomic mass is 10.2. The Morgan fingerprint density at radius 1 is 1.12 bits per heavy atom. The number of hydrogen-bond acceptors (Lipinski definition) is 3. The monoisotopic (exact) mass is 390 g/mol. The van der Waals surface area contributed by atoms with E-state index >= 15 is 0 Å². The summed E-state index contributed by atoms with van der Waals surface area (Å²) in [4.78, 5) is 25.6. The van der Waals surface area contributed by atoms with Crippen LogP contribution in [-0.4, -0.2) is 30.4 Å². The Bertz CT molecular complexity index is 734. The van der Waals surface area contributed by atoms with Gasteiger partial charge in [0.15, 0.2) is 0 Å². The van der Waals surface area contributed by atoms with Crippen LogP contribution < -0.4 is 10.1 Å². The quantitative estimate of drug-likeness (QED) is 0.821. The van der Waals surface area contributed by atoms with Gasteiger partial charge < -0.3 is 15.0 Å². The molecule has 0 spiro atoms. The van der Waals surface area contributed by atoms with Gasteiger partial charge in [0.1, 0.15) is 12.3 Å². The molecule has 0 saturated carbocycles. The van der Waals surface area contributed by atoms with Crippen molar-refractivity contribution in [3.05, 3.63) is 58.6 Å². The van der Waals surface area contributed by atoms with Crippen molar-refractivity contribution in [2.75, 3.05) is 19.0 Å². The molecule has 0 aliphatic carbocycles. The minimum atomic E-state index is -0.257. The number of anilines is 1. The van der Waals surface area contributed by atoms with E-state index in [-0.39, 0.29) is 18.4 Å². The van der Waals surface area contributed by atoms with Crippen molar-refractivity contribution in [3.8, 4) is 5.75 Å². The Balaban J connectivity index is 2.07. The van der Waals surface area contributed by atoms with E-state index in [2.05, 4.69) is 21.2 Å². The zero-order chi connectivity index (χ0) is 17.5. The van der Waals surface area contributed by atoms with Crippen LogP contribution in [0.5, 0.6) is 5.75 Å². The molecule has 0 aromatic heterocycles. The Hall–Kier alpha value is -2.34. The highest BCUT2D eigenvalue weighted by molar-refractivity contribution is 9.10. The molecule has 1 N–H and O–H groups in total. The van der Waals surface area contributed by atoms with Crippen molar-refractivity contribution in [1.82, 2.24) is 4.90 Å². The average molecular weight is 391 g/mol. The first-order valence-corrected chi connectivity index (χ1v) is 8.22. The number of benzene rings is 2. The van der Waals surface area contributed by atoms with Gasteiger partial charge in [0, 0.05) is 23.5 Å². The second-order valence-electron chi connectivity index (χ2n) is 5.21. The highest BCUT2D eigenvalue weighted by Gasteiger charge is 2.16. The Labute approximate surface area is 149 Å². The summed E-state index contributed by atoms with van der Waals surface area (Å²) in [7, 11) is 1.58. The molecular weight excluding hydrogens is 372 g/mol. The number of halogens is 1. The Kier molecular flexibility index (Phi) is 6.37. The molecule has 0 atom stereocenters. The molecule has 5 nitrogen and oxygen atoms in total. The minimum Gasteiger partial charge on any atom is -0.496 e. The summed E-state index contributed by atoms with van der Waals surface area (Å²) in [5.74, 6) is 0.255. The predicted octanol–water partition coefficient (Wildman–Crippen LogP) is 3.44. The SMILES string of the molecule is COc1ccccc1CN(CC(=O)Nc1ccccc1Br)C(C)=O. The standard InChI is InChI=1S/C18H19BrN2O3/c1-13(22)21(11-14-7-3-6-10-17(14)24-2)12-18(23)20-16-9-5-4-8-15(16)19/h3-10H,11-12H2,1-2H3,(H,20,23). The number of rotatable bonds is 6. The number of hydrogen-bond donors (Lipinski definition) is 1. The molecule has 0 unspecified atom stereocenters. The van der Waals surface area contributed by atoms with Crippen LogP contribution >= 0.6 is 15.9 Å². The highest BCUT2D eigenvalue weighted by atomic mass is 79.9. The summed E-state index contributed by atoms with van der Waals surface area (Å²) >= 11 is 3.38. The molecule has 0 heterocycles. The molecule has 2 aromatic rings. The second-order valence-corrected chi connectivity index (χ2v) is 6.07. The van der Waals surface area contributed by atoms with Crippen LogP contribution in [0, 0.1) is 0 Å². The first kappa shape index (κ1) is 18.0. The van der Waals surface area contributed by atoms with Crippen LogP contribution in [0.2, 0.25) is 0 Å². The molecule has 0 bridgehead atoms. The van der Waals surface area contributed by atoms with Crippen molar-refractivity contribution in [3.63, 3.8) is 0 Å². The maximum Gasteiger partial charge on any atom is 0.244 e. The lowest BCUT2D eigenvalue weighted by Gasteiger charge is -2.22. The predicted molar refractivity (Wildman–Crippen MR) is 96.9 cm³/mol. The Morgan fingerprint density at radius 3 is 2.46 bits per heavy atom. The zero-order valence-electron chi connectivity index (χ0n) is 13.6. The smallest absolute Gasteiger partial charge is 0.244 e. The van der Waals surface area contributed by atoms with E-state index in [9.17, 15) is 9.59 Å².